The zero-order valence-corrected chi connectivity index (χ0v) is 16.0. The van der Waals surface area contributed by atoms with E-state index in [-0.39, 0.29) is 10.9 Å². The second-order valence-corrected chi connectivity index (χ2v) is 8.01. The van der Waals surface area contributed by atoms with Crippen molar-refractivity contribution in [3.8, 4) is 0 Å². The fourth-order valence-corrected chi connectivity index (χ4v) is 3.20. The van der Waals surface area contributed by atoms with Gasteiger partial charge in [0.15, 0.2) is 0 Å². The van der Waals surface area contributed by atoms with Gasteiger partial charge in [-0.1, -0.05) is 32.4 Å². The van der Waals surface area contributed by atoms with Crippen molar-refractivity contribution in [1.82, 2.24) is 10.2 Å². The lowest BCUT2D eigenvalue weighted by Crippen LogP contribution is -2.57. The second kappa shape index (κ2) is 7.53. The predicted octanol–water partition coefficient (Wildman–Crippen LogP) is 1.54. The lowest BCUT2D eigenvalue weighted by atomic mass is 9.85. The zero-order chi connectivity index (χ0) is 19.6. The smallest absolute Gasteiger partial charge is 0.252 e. The summed E-state index contributed by atoms with van der Waals surface area (Å²) in [4.78, 5) is 38.8. The number of benzene rings is 1. The molecular weight excluding hydrogens is 356 g/mol. The summed E-state index contributed by atoms with van der Waals surface area (Å²) in [6.45, 7) is 5.99. The highest BCUT2D eigenvalue weighted by Crippen LogP contribution is 2.26. The molecule has 1 fully saturated rings. The number of hydrogen-bond donors (Lipinski definition) is 3. The molecule has 1 saturated heterocycles. The molecule has 0 bridgehead atoms. The molecule has 0 aliphatic carbocycles. The minimum Gasteiger partial charge on any atom is -0.398 e. The number of halogens is 1. The average Bonchev–Trinajstić information content (AvgIpc) is 3.03. The molecule has 0 aromatic heterocycles. The van der Waals surface area contributed by atoms with Crippen molar-refractivity contribution in [2.45, 2.75) is 45.7 Å². The van der Waals surface area contributed by atoms with Gasteiger partial charge in [0.2, 0.25) is 11.8 Å². The minimum atomic E-state index is -0.814. The largest absolute Gasteiger partial charge is 0.398 e. The molecule has 2 unspecified atom stereocenters. The number of rotatable bonds is 4. The monoisotopic (exact) mass is 380 g/mol. The Kier molecular flexibility index (Phi) is 5.81. The van der Waals surface area contributed by atoms with E-state index in [4.69, 9.17) is 23.1 Å². The van der Waals surface area contributed by atoms with Gasteiger partial charge in [-0.2, -0.15) is 0 Å². The molecule has 5 N–H and O–H groups in total. The molecule has 8 heteroatoms. The molecule has 1 aromatic carbocycles. The summed E-state index contributed by atoms with van der Waals surface area (Å²) in [5.74, 6) is -1.27. The van der Waals surface area contributed by atoms with Crippen LogP contribution in [-0.4, -0.2) is 41.2 Å². The van der Waals surface area contributed by atoms with E-state index < -0.39 is 29.3 Å². The Labute approximate surface area is 158 Å². The number of amides is 3. The molecule has 0 spiro atoms. The van der Waals surface area contributed by atoms with E-state index in [1.165, 1.54) is 17.0 Å². The van der Waals surface area contributed by atoms with Crippen molar-refractivity contribution in [2.75, 3.05) is 12.3 Å². The third-order valence-electron chi connectivity index (χ3n) is 4.52. The molecule has 1 aliphatic rings. The van der Waals surface area contributed by atoms with E-state index in [1.54, 1.807) is 6.07 Å². The van der Waals surface area contributed by atoms with Crippen molar-refractivity contribution in [3.05, 3.63) is 28.8 Å². The Morgan fingerprint density at radius 2 is 1.96 bits per heavy atom. The first-order valence-electron chi connectivity index (χ1n) is 8.48. The van der Waals surface area contributed by atoms with Gasteiger partial charge in [-0.3, -0.25) is 14.4 Å². The first-order valence-corrected chi connectivity index (χ1v) is 8.86. The minimum absolute atomic E-state index is 0.268. The van der Waals surface area contributed by atoms with Crippen LogP contribution in [0.25, 0.3) is 0 Å². The van der Waals surface area contributed by atoms with E-state index in [0.29, 0.717) is 30.6 Å². The highest BCUT2D eigenvalue weighted by molar-refractivity contribution is 6.33. The van der Waals surface area contributed by atoms with Crippen LogP contribution in [0.2, 0.25) is 5.02 Å². The van der Waals surface area contributed by atoms with E-state index in [9.17, 15) is 14.4 Å². The van der Waals surface area contributed by atoms with Crippen LogP contribution in [-0.2, 0) is 9.59 Å². The van der Waals surface area contributed by atoms with Crippen LogP contribution < -0.4 is 16.8 Å². The lowest BCUT2D eigenvalue weighted by molar-refractivity contribution is -0.140. The Morgan fingerprint density at radius 1 is 1.31 bits per heavy atom. The topological polar surface area (TPSA) is 119 Å². The predicted molar refractivity (Wildman–Crippen MR) is 101 cm³/mol. The van der Waals surface area contributed by atoms with Crippen LogP contribution in [0.1, 0.15) is 44.0 Å². The number of carbonyl (C=O) groups excluding carboxylic acids is 3. The molecule has 1 heterocycles. The maximum atomic E-state index is 13.1. The Bertz CT molecular complexity index is 730. The first kappa shape index (κ1) is 20.0. The second-order valence-electron chi connectivity index (χ2n) is 7.60. The van der Waals surface area contributed by atoms with Crippen LogP contribution in [0.5, 0.6) is 0 Å². The summed E-state index contributed by atoms with van der Waals surface area (Å²) in [5, 5.41) is 3.04. The summed E-state index contributed by atoms with van der Waals surface area (Å²) in [6.07, 6.45) is 1.25. The number of hydrogen-bond acceptors (Lipinski definition) is 4. The standard InChI is InChI=1S/C18H25ClN4O3/c1-18(2,3)14(17(26)23-8-4-5-13(23)15(21)24)22-16(25)10-6-7-12(20)11(19)9-10/h6-7,9,13-14H,4-5,8,20H2,1-3H3,(H2,21,24)(H,22,25). The molecule has 2 rings (SSSR count). The van der Waals surface area contributed by atoms with Gasteiger partial charge in [0.05, 0.1) is 10.7 Å². The van der Waals surface area contributed by atoms with E-state index in [1.807, 2.05) is 20.8 Å². The number of nitrogens with zero attached hydrogens (tertiary/aromatic N) is 1. The number of nitrogens with two attached hydrogens (primary N) is 2. The van der Waals surface area contributed by atoms with Crippen LogP contribution in [0.15, 0.2) is 18.2 Å². The molecule has 1 aromatic rings. The summed E-state index contributed by atoms with van der Waals surface area (Å²) in [6, 6.07) is 3.09. The van der Waals surface area contributed by atoms with Gasteiger partial charge >= 0.3 is 0 Å². The van der Waals surface area contributed by atoms with E-state index >= 15 is 0 Å². The molecule has 1 aliphatic heterocycles. The van der Waals surface area contributed by atoms with Crippen molar-refractivity contribution in [2.24, 2.45) is 11.1 Å². The highest BCUT2D eigenvalue weighted by atomic mass is 35.5. The van der Waals surface area contributed by atoms with Gasteiger partial charge < -0.3 is 21.7 Å². The third-order valence-corrected chi connectivity index (χ3v) is 4.84. The molecule has 26 heavy (non-hydrogen) atoms. The number of likely N-dealkylation sites (tertiary alicyclic amines) is 1. The number of carbonyl (C=O) groups is 3. The fraction of sp³-hybridized carbons (Fsp3) is 0.500. The average molecular weight is 381 g/mol. The van der Waals surface area contributed by atoms with E-state index in [2.05, 4.69) is 5.32 Å². The van der Waals surface area contributed by atoms with Gasteiger partial charge in [-0.25, -0.2) is 0 Å². The Hall–Kier alpha value is -2.28. The van der Waals surface area contributed by atoms with Crippen molar-refractivity contribution in [1.29, 1.82) is 0 Å². The SMILES string of the molecule is CC(C)(C)C(NC(=O)c1ccc(N)c(Cl)c1)C(=O)N1CCCC1C(N)=O. The van der Waals surface area contributed by atoms with Gasteiger partial charge in [0, 0.05) is 12.1 Å². The van der Waals surface area contributed by atoms with Gasteiger partial charge in [-0.05, 0) is 36.5 Å². The van der Waals surface area contributed by atoms with Crippen LogP contribution in [0.4, 0.5) is 5.69 Å². The molecule has 7 nitrogen and oxygen atoms in total. The molecule has 3 amide bonds. The highest BCUT2D eigenvalue weighted by Gasteiger charge is 2.41. The summed E-state index contributed by atoms with van der Waals surface area (Å²) < 4.78 is 0. The van der Waals surface area contributed by atoms with Crippen molar-refractivity contribution >= 4 is 35.0 Å². The lowest BCUT2D eigenvalue weighted by Gasteiger charge is -2.35. The summed E-state index contributed by atoms with van der Waals surface area (Å²) in [5.41, 5.74) is 11.2. The number of anilines is 1. The molecular formula is C18H25ClN4O3. The summed E-state index contributed by atoms with van der Waals surface area (Å²) >= 11 is 5.97. The molecule has 2 atom stereocenters. The first-order chi connectivity index (χ1) is 12.0. The van der Waals surface area contributed by atoms with Crippen LogP contribution >= 0.6 is 11.6 Å². The normalized spacial score (nSPS) is 18.5. The third kappa shape index (κ3) is 4.27. The van der Waals surface area contributed by atoms with Crippen molar-refractivity contribution in [3.63, 3.8) is 0 Å². The zero-order valence-electron chi connectivity index (χ0n) is 15.2. The molecule has 142 valence electrons. The van der Waals surface area contributed by atoms with Gasteiger partial charge in [-0.15, -0.1) is 0 Å². The quantitative estimate of drug-likeness (QED) is 0.686. The Balaban J connectivity index is 2.24. The summed E-state index contributed by atoms with van der Waals surface area (Å²) in [7, 11) is 0. The van der Waals surface area contributed by atoms with Gasteiger partial charge in [0.1, 0.15) is 12.1 Å². The van der Waals surface area contributed by atoms with Crippen LogP contribution in [0, 0.1) is 5.41 Å². The molecule has 0 saturated carbocycles. The Morgan fingerprint density at radius 3 is 2.50 bits per heavy atom. The van der Waals surface area contributed by atoms with Crippen molar-refractivity contribution < 1.29 is 14.4 Å². The number of nitrogens with one attached hydrogen (secondary N) is 1. The fourth-order valence-electron chi connectivity index (χ4n) is 3.02. The maximum absolute atomic E-state index is 13.1. The number of primary amides is 1. The van der Waals surface area contributed by atoms with Crippen LogP contribution in [0.3, 0.4) is 0 Å². The maximum Gasteiger partial charge on any atom is 0.252 e. The molecule has 0 radical (unpaired) electrons. The number of nitrogen functional groups attached to an aromatic ring is 1. The van der Waals surface area contributed by atoms with Gasteiger partial charge in [0.25, 0.3) is 5.91 Å². The van der Waals surface area contributed by atoms with E-state index in [0.717, 1.165) is 0 Å².